The van der Waals surface area contributed by atoms with Crippen LogP contribution in [0.25, 0.3) is 10.9 Å². The van der Waals surface area contributed by atoms with Crippen LogP contribution in [-0.2, 0) is 29.2 Å². The van der Waals surface area contributed by atoms with Gasteiger partial charge in [0.2, 0.25) is 12.3 Å². The van der Waals surface area contributed by atoms with Crippen LogP contribution >= 0.6 is 0 Å². The monoisotopic (exact) mass is 612 g/mol. The lowest BCUT2D eigenvalue weighted by Crippen LogP contribution is -2.67. The molecule has 10 nitrogen and oxygen atoms in total. The van der Waals surface area contributed by atoms with Crippen LogP contribution in [0.5, 0.6) is 0 Å². The van der Waals surface area contributed by atoms with E-state index < -0.39 is 6.17 Å². The minimum Gasteiger partial charge on any atom is -0.346 e. The van der Waals surface area contributed by atoms with Crippen molar-refractivity contribution in [2.24, 2.45) is 5.92 Å². The molecule has 0 spiro atoms. The Morgan fingerprint density at radius 3 is 2.53 bits per heavy atom. The largest absolute Gasteiger partial charge is 0.346 e. The van der Waals surface area contributed by atoms with Crippen LogP contribution in [0.3, 0.4) is 0 Å². The molecular formula is C35H44N6O4. The lowest BCUT2D eigenvalue weighted by molar-refractivity contribution is -0.157. The zero-order valence-corrected chi connectivity index (χ0v) is 26.4. The van der Waals surface area contributed by atoms with Gasteiger partial charge in [0.15, 0.2) is 5.78 Å². The summed E-state index contributed by atoms with van der Waals surface area (Å²) >= 11 is 0. The summed E-state index contributed by atoms with van der Waals surface area (Å²) in [6.45, 7) is 10.2. The second-order valence-corrected chi connectivity index (χ2v) is 11.9. The molecule has 2 aliphatic rings. The number of fused-ring (bicyclic) bond motifs is 1. The van der Waals surface area contributed by atoms with Crippen molar-refractivity contribution >= 4 is 35.0 Å². The molecule has 2 aromatic carbocycles. The summed E-state index contributed by atoms with van der Waals surface area (Å²) in [6, 6.07) is 15.2. The number of hydrogen-bond donors (Lipinski definition) is 1. The van der Waals surface area contributed by atoms with E-state index in [1.165, 1.54) is 4.90 Å². The molecule has 5 rings (SSSR count). The van der Waals surface area contributed by atoms with Gasteiger partial charge in [0.1, 0.15) is 12.7 Å². The molecule has 0 bridgehead atoms. The number of carbonyl (C=O) groups is 4. The van der Waals surface area contributed by atoms with Crippen molar-refractivity contribution in [2.75, 3.05) is 26.2 Å². The van der Waals surface area contributed by atoms with E-state index in [9.17, 15) is 19.2 Å². The number of carbonyl (C=O) groups excluding carboxylic acids is 4. The van der Waals surface area contributed by atoms with Crippen molar-refractivity contribution in [1.29, 1.82) is 0 Å². The number of Topliss-reactive ketones (excluding diaryl/α,β-unsaturated/α-hetero) is 1. The van der Waals surface area contributed by atoms with Crippen molar-refractivity contribution in [3.63, 3.8) is 0 Å². The highest BCUT2D eigenvalue weighted by Crippen LogP contribution is 2.36. The standard InChI is InChI=1S/C35H44N6O4/c1-4-7-19-37-22-30(34(44)27-16-17-27)29-15-11-14-28(33(29)37)21-38-23-31(39(25-42)24-32(38)43)41(40(6-3)18-5-2)35(45)36-20-26-12-9-8-10-13-26/h5,8-15,22,25,27,31H,2,4,6-7,16-21,23-24H2,1,3H3,(H,36,45). The van der Waals surface area contributed by atoms with Crippen LogP contribution in [0.2, 0.25) is 0 Å². The SMILES string of the molecule is C=CCN(CC)N(C(=O)NCc1ccccc1)C1CN(Cc2cccc3c(C(=O)C4CC4)cn(CCCC)c23)C(=O)CN1C=O. The summed E-state index contributed by atoms with van der Waals surface area (Å²) in [7, 11) is 0. The fourth-order valence-corrected chi connectivity index (χ4v) is 6.11. The third-order valence-corrected chi connectivity index (χ3v) is 8.67. The first-order valence-corrected chi connectivity index (χ1v) is 16.0. The predicted octanol–water partition coefficient (Wildman–Crippen LogP) is 4.80. The highest BCUT2D eigenvalue weighted by molar-refractivity contribution is 6.10. The van der Waals surface area contributed by atoms with Crippen molar-refractivity contribution in [3.8, 4) is 0 Å². The quantitative estimate of drug-likeness (QED) is 0.115. The van der Waals surface area contributed by atoms with Gasteiger partial charge in [-0.05, 0) is 30.4 Å². The second-order valence-electron chi connectivity index (χ2n) is 11.9. The minimum absolute atomic E-state index is 0.105. The summed E-state index contributed by atoms with van der Waals surface area (Å²) in [5.41, 5.74) is 3.61. The van der Waals surface area contributed by atoms with E-state index in [-0.39, 0.29) is 36.7 Å². The first kappa shape index (κ1) is 32.0. The molecule has 1 aliphatic carbocycles. The molecule has 2 fully saturated rings. The summed E-state index contributed by atoms with van der Waals surface area (Å²) in [5, 5.41) is 7.30. The second kappa shape index (κ2) is 14.6. The molecule has 2 heterocycles. The number of urea groups is 1. The van der Waals surface area contributed by atoms with Crippen LogP contribution in [0, 0.1) is 5.92 Å². The first-order valence-electron chi connectivity index (χ1n) is 16.0. The number of piperazine rings is 1. The zero-order valence-electron chi connectivity index (χ0n) is 26.4. The number of likely N-dealkylation sites (N-methyl/N-ethyl adjacent to an activating group) is 1. The Bertz CT molecular complexity index is 1530. The fraction of sp³-hybridized carbons (Fsp3) is 0.429. The summed E-state index contributed by atoms with van der Waals surface area (Å²) in [5.74, 6) is 0.101. The Morgan fingerprint density at radius 1 is 1.09 bits per heavy atom. The van der Waals surface area contributed by atoms with Gasteiger partial charge < -0.3 is 19.7 Å². The molecule has 4 amide bonds. The molecule has 1 aromatic heterocycles. The van der Waals surface area contributed by atoms with E-state index in [0.717, 1.165) is 59.8 Å². The average Bonchev–Trinajstić information content (AvgIpc) is 3.85. The Kier molecular flexibility index (Phi) is 10.3. The molecular weight excluding hydrogens is 568 g/mol. The molecule has 3 aromatic rings. The molecule has 45 heavy (non-hydrogen) atoms. The smallest absolute Gasteiger partial charge is 0.334 e. The summed E-state index contributed by atoms with van der Waals surface area (Å²) in [4.78, 5) is 56.0. The zero-order chi connectivity index (χ0) is 31.9. The molecule has 1 saturated carbocycles. The van der Waals surface area contributed by atoms with Gasteiger partial charge in [0.05, 0.1) is 12.1 Å². The number of ketones is 1. The van der Waals surface area contributed by atoms with E-state index in [2.05, 4.69) is 23.4 Å². The maximum Gasteiger partial charge on any atom is 0.334 e. The molecule has 238 valence electrons. The Labute approximate surface area is 265 Å². The molecule has 0 radical (unpaired) electrons. The van der Waals surface area contributed by atoms with Crippen molar-refractivity contribution in [2.45, 2.75) is 65.3 Å². The van der Waals surface area contributed by atoms with Crippen molar-refractivity contribution in [3.05, 3.63) is 84.1 Å². The van der Waals surface area contributed by atoms with Crippen LogP contribution in [0.15, 0.2) is 67.4 Å². The highest BCUT2D eigenvalue weighted by Gasteiger charge is 2.40. The summed E-state index contributed by atoms with van der Waals surface area (Å²) < 4.78 is 2.17. The lowest BCUT2D eigenvalue weighted by atomic mass is 10.0. The van der Waals surface area contributed by atoms with E-state index in [1.807, 2.05) is 66.7 Å². The number of hydrogen-bond acceptors (Lipinski definition) is 5. The lowest BCUT2D eigenvalue weighted by Gasteiger charge is -2.47. The van der Waals surface area contributed by atoms with Crippen molar-refractivity contribution in [1.82, 2.24) is 29.7 Å². The molecule has 1 N–H and O–H groups in total. The molecule has 10 heteroatoms. The van der Waals surface area contributed by atoms with Crippen LogP contribution in [0.4, 0.5) is 4.79 Å². The molecule has 1 aliphatic heterocycles. The first-order chi connectivity index (χ1) is 21.9. The van der Waals surface area contributed by atoms with Gasteiger partial charge in [-0.2, -0.15) is 0 Å². The third-order valence-electron chi connectivity index (χ3n) is 8.67. The predicted molar refractivity (Wildman–Crippen MR) is 174 cm³/mol. The van der Waals surface area contributed by atoms with Gasteiger partial charge in [-0.1, -0.05) is 74.9 Å². The number of nitrogens with zero attached hydrogens (tertiary/aromatic N) is 5. The maximum absolute atomic E-state index is 13.8. The average molecular weight is 613 g/mol. The topological polar surface area (TPSA) is 98.2 Å². The number of benzene rings is 2. The number of para-hydroxylation sites is 1. The van der Waals surface area contributed by atoms with Gasteiger partial charge in [-0.15, -0.1) is 6.58 Å². The number of unbranched alkanes of at least 4 members (excludes halogenated alkanes) is 1. The Balaban J connectivity index is 1.46. The Morgan fingerprint density at radius 2 is 1.87 bits per heavy atom. The van der Waals surface area contributed by atoms with Gasteiger partial charge in [-0.25, -0.2) is 14.8 Å². The number of hydrazine groups is 1. The minimum atomic E-state index is -0.728. The van der Waals surface area contributed by atoms with Crippen molar-refractivity contribution < 1.29 is 19.2 Å². The molecule has 1 atom stereocenters. The summed E-state index contributed by atoms with van der Waals surface area (Å²) in [6.07, 6.45) is 7.48. The molecule has 1 unspecified atom stereocenters. The third kappa shape index (κ3) is 7.12. The number of amides is 4. The molecule has 1 saturated heterocycles. The van der Waals surface area contributed by atoms with Gasteiger partial charge in [-0.3, -0.25) is 14.4 Å². The van der Waals surface area contributed by atoms with Crippen LogP contribution < -0.4 is 5.32 Å². The fourth-order valence-electron chi connectivity index (χ4n) is 6.11. The number of rotatable bonds is 15. The maximum atomic E-state index is 13.8. The number of aryl methyl sites for hydroxylation is 1. The van der Waals surface area contributed by atoms with E-state index in [1.54, 1.807) is 16.0 Å². The number of nitrogens with one attached hydrogen (secondary N) is 1. The van der Waals surface area contributed by atoms with E-state index >= 15 is 0 Å². The highest BCUT2D eigenvalue weighted by atomic mass is 16.2. The normalized spacial score (nSPS) is 16.7. The van der Waals surface area contributed by atoms with Gasteiger partial charge in [0.25, 0.3) is 0 Å². The van der Waals surface area contributed by atoms with Crippen LogP contribution in [0.1, 0.15) is 61.0 Å². The van der Waals surface area contributed by atoms with E-state index in [4.69, 9.17) is 0 Å². The number of aromatic nitrogens is 1. The van der Waals surface area contributed by atoms with Gasteiger partial charge >= 0.3 is 6.03 Å². The van der Waals surface area contributed by atoms with E-state index in [0.29, 0.717) is 32.6 Å². The van der Waals surface area contributed by atoms with Gasteiger partial charge in [0, 0.05) is 55.8 Å². The Hall–Kier alpha value is -4.44. The van der Waals surface area contributed by atoms with Crippen LogP contribution in [-0.4, -0.2) is 80.9 Å².